The van der Waals surface area contributed by atoms with E-state index in [0.717, 1.165) is 5.69 Å². The summed E-state index contributed by atoms with van der Waals surface area (Å²) >= 11 is 1.88. The lowest BCUT2D eigenvalue weighted by atomic mass is 10.0. The Morgan fingerprint density at radius 3 is 1.60 bits per heavy atom. The van der Waals surface area contributed by atoms with Crippen LogP contribution >= 0.6 is 11.3 Å². The monoisotopic (exact) mass is 527 g/mol. The Balaban J connectivity index is 1.32. The van der Waals surface area contributed by atoms with E-state index in [1.807, 2.05) is 11.3 Å². The first kappa shape index (κ1) is 23.0. The lowest BCUT2D eigenvalue weighted by Crippen LogP contribution is -2.11. The number of nitrogens with zero attached hydrogens (tertiary/aromatic N) is 1. The highest BCUT2D eigenvalue weighted by atomic mass is 32.1. The first-order valence-electron chi connectivity index (χ1n) is 13.6. The Labute approximate surface area is 237 Å². The van der Waals surface area contributed by atoms with Crippen LogP contribution in [0.15, 0.2) is 152 Å². The van der Waals surface area contributed by atoms with Crippen LogP contribution in [0.3, 0.4) is 0 Å². The van der Waals surface area contributed by atoms with Crippen LogP contribution in [0, 0.1) is 0 Å². The number of rotatable bonds is 4. The Hall–Kier alpha value is -4.92. The van der Waals surface area contributed by atoms with Gasteiger partial charge in [-0.05, 0) is 52.2 Å². The van der Waals surface area contributed by atoms with E-state index in [4.69, 9.17) is 0 Å². The molecule has 0 saturated carbocycles. The average Bonchev–Trinajstić information content (AvgIpc) is 3.41. The van der Waals surface area contributed by atoms with Gasteiger partial charge in [-0.25, -0.2) is 0 Å². The number of hydrogen-bond donors (Lipinski definition) is 0. The molecule has 0 aliphatic heterocycles. The predicted molar refractivity (Wildman–Crippen MR) is 174 cm³/mol. The maximum absolute atomic E-state index is 2.41. The zero-order valence-electron chi connectivity index (χ0n) is 21.8. The van der Waals surface area contributed by atoms with Gasteiger partial charge in [0, 0.05) is 36.6 Å². The highest BCUT2D eigenvalue weighted by molar-refractivity contribution is 7.26. The van der Waals surface area contributed by atoms with Crippen molar-refractivity contribution in [1.82, 2.24) is 0 Å². The summed E-state index contributed by atoms with van der Waals surface area (Å²) in [7, 11) is 0. The molecule has 0 aliphatic carbocycles. The molecule has 0 unspecified atom stereocenters. The van der Waals surface area contributed by atoms with Gasteiger partial charge in [-0.3, -0.25) is 0 Å². The maximum Gasteiger partial charge on any atom is 0.0540 e. The molecule has 0 bridgehead atoms. The van der Waals surface area contributed by atoms with Gasteiger partial charge in [-0.15, -0.1) is 11.3 Å². The summed E-state index contributed by atoms with van der Waals surface area (Å²) < 4.78 is 2.68. The van der Waals surface area contributed by atoms with E-state index in [1.165, 1.54) is 64.2 Å². The third kappa shape index (κ3) is 3.69. The fraction of sp³-hybridized carbons (Fsp3) is 0. The Kier molecular flexibility index (Phi) is 5.39. The first-order valence-corrected chi connectivity index (χ1v) is 14.4. The molecule has 0 amide bonds. The topological polar surface area (TPSA) is 3.24 Å². The van der Waals surface area contributed by atoms with Crippen molar-refractivity contribution in [3.05, 3.63) is 152 Å². The zero-order valence-corrected chi connectivity index (χ0v) is 22.6. The largest absolute Gasteiger partial charge is 0.309 e. The van der Waals surface area contributed by atoms with Gasteiger partial charge >= 0.3 is 0 Å². The molecule has 1 nitrogen and oxygen atoms in total. The first-order chi connectivity index (χ1) is 19.8. The summed E-state index contributed by atoms with van der Waals surface area (Å²) in [4.78, 5) is 2.41. The van der Waals surface area contributed by atoms with Crippen molar-refractivity contribution in [2.75, 3.05) is 4.90 Å². The van der Waals surface area contributed by atoms with E-state index in [9.17, 15) is 0 Å². The SMILES string of the molecule is c1ccc2c(N(c3ccc(-c4cccc5c4sc4ccccc45)cc3)c3cccc4ccccc34)cccc2c1. The van der Waals surface area contributed by atoms with Crippen molar-refractivity contribution in [2.45, 2.75) is 0 Å². The van der Waals surface area contributed by atoms with Crippen molar-refractivity contribution in [3.8, 4) is 11.1 Å². The number of benzene rings is 7. The fourth-order valence-electron chi connectivity index (χ4n) is 5.98. The van der Waals surface area contributed by atoms with Crippen LogP contribution in [0.2, 0.25) is 0 Å². The lowest BCUT2D eigenvalue weighted by molar-refractivity contribution is 1.31. The van der Waals surface area contributed by atoms with E-state index in [0.29, 0.717) is 0 Å². The predicted octanol–water partition coefficient (Wildman–Crippen LogP) is 11.5. The van der Waals surface area contributed by atoms with Crippen LogP contribution in [-0.2, 0) is 0 Å². The Morgan fingerprint density at radius 1 is 0.400 bits per heavy atom. The summed E-state index contributed by atoms with van der Waals surface area (Å²) in [6.45, 7) is 0. The van der Waals surface area contributed by atoms with Crippen molar-refractivity contribution in [1.29, 1.82) is 0 Å². The minimum absolute atomic E-state index is 1.14. The fourth-order valence-corrected chi connectivity index (χ4v) is 7.22. The Bertz CT molecular complexity index is 2080. The van der Waals surface area contributed by atoms with Crippen LogP contribution in [0.1, 0.15) is 0 Å². The van der Waals surface area contributed by atoms with E-state index >= 15 is 0 Å². The van der Waals surface area contributed by atoms with Crippen LogP contribution in [-0.4, -0.2) is 0 Å². The van der Waals surface area contributed by atoms with Gasteiger partial charge in [0.25, 0.3) is 0 Å². The molecule has 0 spiro atoms. The van der Waals surface area contributed by atoms with Crippen LogP contribution in [0.5, 0.6) is 0 Å². The quantitative estimate of drug-likeness (QED) is 0.220. The second-order valence-electron chi connectivity index (χ2n) is 10.2. The van der Waals surface area contributed by atoms with E-state index in [-0.39, 0.29) is 0 Å². The van der Waals surface area contributed by atoms with E-state index in [1.54, 1.807) is 0 Å². The highest BCUT2D eigenvalue weighted by Gasteiger charge is 2.18. The molecule has 0 saturated heterocycles. The van der Waals surface area contributed by atoms with E-state index in [2.05, 4.69) is 157 Å². The molecule has 8 rings (SSSR count). The molecule has 1 heterocycles. The molecule has 0 aliphatic rings. The van der Waals surface area contributed by atoms with E-state index < -0.39 is 0 Å². The smallest absolute Gasteiger partial charge is 0.0540 e. The number of anilines is 3. The van der Waals surface area contributed by atoms with Gasteiger partial charge in [-0.1, -0.05) is 121 Å². The molecule has 0 N–H and O–H groups in total. The zero-order chi connectivity index (χ0) is 26.5. The number of hydrogen-bond acceptors (Lipinski definition) is 2. The summed E-state index contributed by atoms with van der Waals surface area (Å²) in [5.41, 5.74) is 6.01. The van der Waals surface area contributed by atoms with Gasteiger partial charge in [0.05, 0.1) is 11.4 Å². The second kappa shape index (κ2) is 9.37. The van der Waals surface area contributed by atoms with Crippen molar-refractivity contribution >= 4 is 70.1 Å². The molecule has 188 valence electrons. The summed E-state index contributed by atoms with van der Waals surface area (Å²) in [5, 5.41) is 7.60. The van der Waals surface area contributed by atoms with Gasteiger partial charge in [0.15, 0.2) is 0 Å². The van der Waals surface area contributed by atoms with Crippen LogP contribution in [0.4, 0.5) is 17.1 Å². The van der Waals surface area contributed by atoms with Crippen molar-refractivity contribution < 1.29 is 0 Å². The molecule has 0 radical (unpaired) electrons. The molecular formula is C38H25NS. The molecule has 0 fully saturated rings. The lowest BCUT2D eigenvalue weighted by Gasteiger charge is -2.28. The standard InChI is InChI=1S/C38H25NS/c1-3-14-30-26(10-1)12-7-19-35(30)39(36-20-8-13-27-11-2-4-15-31(27)36)29-24-22-28(23-25-29)32-17-9-18-34-33-16-5-6-21-37(33)40-38(32)34/h1-25H. The summed E-state index contributed by atoms with van der Waals surface area (Å²) in [5.74, 6) is 0. The molecule has 8 aromatic rings. The minimum Gasteiger partial charge on any atom is -0.309 e. The molecule has 1 aromatic heterocycles. The third-order valence-electron chi connectivity index (χ3n) is 7.86. The molecule has 7 aromatic carbocycles. The van der Waals surface area contributed by atoms with Gasteiger partial charge in [0.2, 0.25) is 0 Å². The Morgan fingerprint density at radius 2 is 0.925 bits per heavy atom. The van der Waals surface area contributed by atoms with Crippen LogP contribution < -0.4 is 4.90 Å². The maximum atomic E-state index is 2.41. The molecular weight excluding hydrogens is 502 g/mol. The van der Waals surface area contributed by atoms with Crippen molar-refractivity contribution in [3.63, 3.8) is 0 Å². The third-order valence-corrected chi connectivity index (χ3v) is 9.08. The molecule has 0 atom stereocenters. The summed E-state index contributed by atoms with van der Waals surface area (Å²) in [6, 6.07) is 54.9. The molecule has 40 heavy (non-hydrogen) atoms. The normalized spacial score (nSPS) is 11.5. The van der Waals surface area contributed by atoms with Gasteiger partial charge in [-0.2, -0.15) is 0 Å². The highest BCUT2D eigenvalue weighted by Crippen LogP contribution is 2.44. The van der Waals surface area contributed by atoms with Gasteiger partial charge in [0.1, 0.15) is 0 Å². The number of fused-ring (bicyclic) bond motifs is 5. The number of thiophene rings is 1. The minimum atomic E-state index is 1.14. The summed E-state index contributed by atoms with van der Waals surface area (Å²) in [6.07, 6.45) is 0. The molecule has 2 heteroatoms. The van der Waals surface area contributed by atoms with Crippen molar-refractivity contribution in [2.24, 2.45) is 0 Å². The average molecular weight is 528 g/mol. The second-order valence-corrected chi connectivity index (χ2v) is 11.2. The van der Waals surface area contributed by atoms with Gasteiger partial charge < -0.3 is 4.90 Å². The van der Waals surface area contributed by atoms with Crippen LogP contribution in [0.25, 0.3) is 52.8 Å².